The lowest BCUT2D eigenvalue weighted by Crippen LogP contribution is -2.46. The Bertz CT molecular complexity index is 382. The molecule has 0 N–H and O–H groups in total. The number of aromatic nitrogens is 3. The first kappa shape index (κ1) is 12.6. The van der Waals surface area contributed by atoms with Crippen molar-refractivity contribution in [3.8, 4) is 0 Å². The number of nitrogens with zero attached hydrogens (tertiary/aromatic N) is 3. The second-order valence-electron chi connectivity index (χ2n) is 5.44. The lowest BCUT2D eigenvalue weighted by Gasteiger charge is -2.36. The van der Waals surface area contributed by atoms with Gasteiger partial charge in [-0.2, -0.15) is 5.10 Å². The zero-order valence-electron chi connectivity index (χ0n) is 11.4. The molecule has 17 heavy (non-hydrogen) atoms. The van der Waals surface area contributed by atoms with Gasteiger partial charge in [-0.05, 0) is 19.8 Å². The van der Waals surface area contributed by atoms with Crippen LogP contribution in [0.25, 0.3) is 0 Å². The van der Waals surface area contributed by atoms with Crippen LogP contribution < -0.4 is 0 Å². The van der Waals surface area contributed by atoms with Crippen LogP contribution >= 0.6 is 0 Å². The first-order chi connectivity index (χ1) is 8.09. The first-order valence-corrected chi connectivity index (χ1v) is 6.61. The van der Waals surface area contributed by atoms with E-state index in [-0.39, 0.29) is 5.41 Å². The minimum absolute atomic E-state index is 0.0801. The third-order valence-corrected chi connectivity index (χ3v) is 3.62. The highest BCUT2D eigenvalue weighted by molar-refractivity contribution is 5.12. The predicted molar refractivity (Wildman–Crippen MR) is 67.0 cm³/mol. The normalized spacial score (nSPS) is 20.0. The minimum Gasteiger partial charge on any atom is -0.379 e. The summed E-state index contributed by atoms with van der Waals surface area (Å²) in [6, 6.07) is 0. The van der Waals surface area contributed by atoms with E-state index in [1.54, 1.807) is 0 Å². The number of aryl methyl sites for hydroxylation is 1. The predicted octanol–water partition coefficient (Wildman–Crippen LogP) is 2.17. The van der Waals surface area contributed by atoms with E-state index in [2.05, 4.69) is 32.8 Å². The molecule has 96 valence electrons. The largest absolute Gasteiger partial charge is 0.379 e. The highest BCUT2D eigenvalue weighted by Gasteiger charge is 2.40. The standard InChI is InChI=1S/C13H23N3O/c1-5-10(3)7-11-14-12(16(6-2)15-11)13(4)8-17-9-13/h10H,5-9H2,1-4H3. The number of hydrogen-bond donors (Lipinski definition) is 0. The topological polar surface area (TPSA) is 39.9 Å². The Balaban J connectivity index is 2.20. The summed E-state index contributed by atoms with van der Waals surface area (Å²) in [5.74, 6) is 2.75. The fraction of sp³-hybridized carbons (Fsp3) is 0.846. The van der Waals surface area contributed by atoms with E-state index >= 15 is 0 Å². The van der Waals surface area contributed by atoms with Gasteiger partial charge in [0, 0.05) is 13.0 Å². The molecule has 0 aliphatic carbocycles. The van der Waals surface area contributed by atoms with Gasteiger partial charge < -0.3 is 4.74 Å². The summed E-state index contributed by atoms with van der Waals surface area (Å²) in [5, 5.41) is 4.61. The molecule has 0 saturated carbocycles. The van der Waals surface area contributed by atoms with E-state index in [0.717, 1.165) is 37.8 Å². The Hall–Kier alpha value is -0.900. The smallest absolute Gasteiger partial charge is 0.151 e. The summed E-state index contributed by atoms with van der Waals surface area (Å²) in [4.78, 5) is 4.73. The fourth-order valence-electron chi connectivity index (χ4n) is 2.14. The van der Waals surface area contributed by atoms with E-state index < -0.39 is 0 Å². The van der Waals surface area contributed by atoms with Crippen molar-refractivity contribution in [3.63, 3.8) is 0 Å². The molecule has 4 heteroatoms. The summed E-state index contributed by atoms with van der Waals surface area (Å²) in [5.41, 5.74) is 0.0801. The van der Waals surface area contributed by atoms with Crippen molar-refractivity contribution >= 4 is 0 Å². The van der Waals surface area contributed by atoms with Crippen molar-refractivity contribution in [1.82, 2.24) is 14.8 Å². The molecular weight excluding hydrogens is 214 g/mol. The molecule has 0 spiro atoms. The maximum absolute atomic E-state index is 5.32. The third-order valence-electron chi connectivity index (χ3n) is 3.62. The zero-order chi connectivity index (χ0) is 12.5. The molecule has 0 amide bonds. The summed E-state index contributed by atoms with van der Waals surface area (Å²) < 4.78 is 7.36. The first-order valence-electron chi connectivity index (χ1n) is 6.61. The molecule has 0 aromatic carbocycles. The molecule has 1 aromatic rings. The van der Waals surface area contributed by atoms with Crippen LogP contribution in [0.1, 0.15) is 45.8 Å². The Kier molecular flexibility index (Phi) is 3.52. The molecule has 1 atom stereocenters. The second kappa shape index (κ2) is 4.77. The lowest BCUT2D eigenvalue weighted by atomic mass is 9.87. The molecule has 0 bridgehead atoms. The Labute approximate surface area is 103 Å². The van der Waals surface area contributed by atoms with E-state index in [1.807, 2.05) is 4.68 Å². The molecule has 0 radical (unpaired) electrons. The van der Waals surface area contributed by atoms with Crippen molar-refractivity contribution in [3.05, 3.63) is 11.6 Å². The van der Waals surface area contributed by atoms with Gasteiger partial charge in [-0.3, -0.25) is 0 Å². The molecule has 2 heterocycles. The molecule has 2 rings (SSSR count). The van der Waals surface area contributed by atoms with Crippen molar-refractivity contribution < 1.29 is 4.74 Å². The van der Waals surface area contributed by atoms with E-state index in [1.165, 1.54) is 6.42 Å². The molecule has 1 aromatic heterocycles. The van der Waals surface area contributed by atoms with Crippen molar-refractivity contribution in [1.29, 1.82) is 0 Å². The van der Waals surface area contributed by atoms with E-state index in [9.17, 15) is 0 Å². The van der Waals surface area contributed by atoms with Gasteiger partial charge in [0.05, 0.1) is 18.6 Å². The van der Waals surface area contributed by atoms with Gasteiger partial charge in [-0.1, -0.05) is 20.3 Å². The number of rotatable bonds is 5. The van der Waals surface area contributed by atoms with Gasteiger partial charge in [0.2, 0.25) is 0 Å². The van der Waals surface area contributed by atoms with Gasteiger partial charge in [0.25, 0.3) is 0 Å². The summed E-state index contributed by atoms with van der Waals surface area (Å²) in [6.45, 7) is 11.2. The zero-order valence-corrected chi connectivity index (χ0v) is 11.4. The highest BCUT2D eigenvalue weighted by atomic mass is 16.5. The Morgan fingerprint density at radius 1 is 1.41 bits per heavy atom. The van der Waals surface area contributed by atoms with Crippen molar-refractivity contribution in [2.24, 2.45) is 5.92 Å². The van der Waals surface area contributed by atoms with E-state index in [4.69, 9.17) is 9.72 Å². The third kappa shape index (κ3) is 2.37. The Morgan fingerprint density at radius 3 is 2.59 bits per heavy atom. The fourth-order valence-corrected chi connectivity index (χ4v) is 2.14. The number of ether oxygens (including phenoxy) is 1. The van der Waals surface area contributed by atoms with Gasteiger partial charge >= 0.3 is 0 Å². The number of hydrogen-bond acceptors (Lipinski definition) is 3. The monoisotopic (exact) mass is 237 g/mol. The van der Waals surface area contributed by atoms with Crippen LogP contribution in [-0.4, -0.2) is 28.0 Å². The SMILES string of the molecule is CCC(C)Cc1nc(C2(C)COC2)n(CC)n1. The molecule has 1 saturated heterocycles. The Morgan fingerprint density at radius 2 is 2.12 bits per heavy atom. The van der Waals surface area contributed by atoms with Crippen LogP contribution in [-0.2, 0) is 23.1 Å². The van der Waals surface area contributed by atoms with Gasteiger partial charge in [0.1, 0.15) is 5.82 Å². The summed E-state index contributed by atoms with van der Waals surface area (Å²) >= 11 is 0. The van der Waals surface area contributed by atoms with Crippen LogP contribution in [0, 0.1) is 5.92 Å². The maximum atomic E-state index is 5.32. The van der Waals surface area contributed by atoms with E-state index in [0.29, 0.717) is 5.92 Å². The quantitative estimate of drug-likeness (QED) is 0.788. The van der Waals surface area contributed by atoms with Crippen LogP contribution in [0.2, 0.25) is 0 Å². The second-order valence-corrected chi connectivity index (χ2v) is 5.44. The van der Waals surface area contributed by atoms with Crippen LogP contribution in [0.15, 0.2) is 0 Å². The molecule has 1 unspecified atom stereocenters. The van der Waals surface area contributed by atoms with Gasteiger partial charge in [0.15, 0.2) is 5.82 Å². The van der Waals surface area contributed by atoms with Crippen molar-refractivity contribution in [2.45, 2.75) is 52.5 Å². The molecule has 1 aliphatic heterocycles. The van der Waals surface area contributed by atoms with Gasteiger partial charge in [-0.15, -0.1) is 0 Å². The molecular formula is C13H23N3O. The summed E-state index contributed by atoms with van der Waals surface area (Å²) in [7, 11) is 0. The highest BCUT2D eigenvalue weighted by Crippen LogP contribution is 2.30. The molecule has 1 fully saturated rings. The van der Waals surface area contributed by atoms with Crippen LogP contribution in [0.4, 0.5) is 0 Å². The van der Waals surface area contributed by atoms with Crippen LogP contribution in [0.5, 0.6) is 0 Å². The molecule has 4 nitrogen and oxygen atoms in total. The van der Waals surface area contributed by atoms with Crippen molar-refractivity contribution in [2.75, 3.05) is 13.2 Å². The van der Waals surface area contributed by atoms with Gasteiger partial charge in [-0.25, -0.2) is 9.67 Å². The summed E-state index contributed by atoms with van der Waals surface area (Å²) in [6.07, 6.45) is 2.16. The average Bonchev–Trinajstić information content (AvgIpc) is 2.69. The van der Waals surface area contributed by atoms with Crippen LogP contribution in [0.3, 0.4) is 0 Å². The lowest BCUT2D eigenvalue weighted by molar-refractivity contribution is -0.0562. The maximum Gasteiger partial charge on any atom is 0.151 e. The minimum atomic E-state index is 0.0801. The molecule has 1 aliphatic rings. The average molecular weight is 237 g/mol.